The van der Waals surface area contributed by atoms with Crippen LogP contribution in [-0.2, 0) is 6.18 Å². The highest BCUT2D eigenvalue weighted by atomic mass is 19.4. The summed E-state index contributed by atoms with van der Waals surface area (Å²) in [7, 11) is 0. The van der Waals surface area contributed by atoms with E-state index in [0.29, 0.717) is 5.56 Å². The van der Waals surface area contributed by atoms with Gasteiger partial charge in [0.2, 0.25) is 0 Å². The molecule has 2 aromatic carbocycles. The molecule has 2 rings (SSSR count). The summed E-state index contributed by atoms with van der Waals surface area (Å²) in [4.78, 5) is 12.0. The first-order valence-corrected chi connectivity index (χ1v) is 6.51. The highest BCUT2D eigenvalue weighted by Crippen LogP contribution is 2.29. The third kappa shape index (κ3) is 3.84. The monoisotopic (exact) mass is 311 g/mol. The predicted octanol–water partition coefficient (Wildman–Crippen LogP) is 4.34. The summed E-state index contributed by atoms with van der Waals surface area (Å²) in [6.45, 7) is 1.66. The van der Waals surface area contributed by atoms with Crippen molar-refractivity contribution in [3.8, 4) is 0 Å². The van der Waals surface area contributed by atoms with Gasteiger partial charge in [0.15, 0.2) is 0 Å². The maximum atomic E-state index is 12.8. The molecule has 0 aromatic heterocycles. The first kappa shape index (κ1) is 16.0. The Morgan fingerprint density at radius 1 is 1.00 bits per heavy atom. The molecule has 1 N–H and O–H groups in total. The fraction of sp³-hybridized carbons (Fsp3) is 0.188. The van der Waals surface area contributed by atoms with Crippen molar-refractivity contribution in [2.75, 3.05) is 0 Å². The zero-order valence-electron chi connectivity index (χ0n) is 11.6. The standard InChI is InChI=1S/C16H13F4NO/c1-10(11-2-6-13(7-3-11)16(18,19)20)21-15(22)12-4-8-14(17)9-5-12/h2-10H,1H3,(H,21,22). The Labute approximate surface area is 124 Å². The summed E-state index contributed by atoms with van der Waals surface area (Å²) in [5.74, 6) is -0.875. The molecule has 22 heavy (non-hydrogen) atoms. The average Bonchev–Trinajstić information content (AvgIpc) is 2.47. The molecule has 1 unspecified atom stereocenters. The van der Waals surface area contributed by atoms with Gasteiger partial charge in [0, 0.05) is 5.56 Å². The van der Waals surface area contributed by atoms with E-state index in [4.69, 9.17) is 0 Å². The molecular formula is C16H13F4NO. The van der Waals surface area contributed by atoms with E-state index in [1.165, 1.54) is 24.3 Å². The van der Waals surface area contributed by atoms with Crippen molar-refractivity contribution in [1.29, 1.82) is 0 Å². The number of rotatable bonds is 3. The molecule has 116 valence electrons. The van der Waals surface area contributed by atoms with E-state index in [2.05, 4.69) is 5.32 Å². The Kier molecular flexibility index (Phi) is 4.49. The first-order valence-electron chi connectivity index (χ1n) is 6.51. The van der Waals surface area contributed by atoms with Crippen LogP contribution in [0.15, 0.2) is 48.5 Å². The maximum absolute atomic E-state index is 12.8. The molecular weight excluding hydrogens is 298 g/mol. The summed E-state index contributed by atoms with van der Waals surface area (Å²) >= 11 is 0. The van der Waals surface area contributed by atoms with Gasteiger partial charge >= 0.3 is 6.18 Å². The number of halogens is 4. The third-order valence-electron chi connectivity index (χ3n) is 3.19. The van der Waals surface area contributed by atoms with E-state index in [1.54, 1.807) is 6.92 Å². The number of hydrogen-bond acceptors (Lipinski definition) is 1. The van der Waals surface area contributed by atoms with Crippen molar-refractivity contribution in [3.63, 3.8) is 0 Å². The van der Waals surface area contributed by atoms with Crippen molar-refractivity contribution in [2.24, 2.45) is 0 Å². The predicted molar refractivity (Wildman–Crippen MR) is 73.7 cm³/mol. The van der Waals surface area contributed by atoms with Crippen LogP contribution in [0, 0.1) is 5.82 Å². The molecule has 0 bridgehead atoms. The summed E-state index contributed by atoms with van der Waals surface area (Å²) in [6.07, 6.45) is -4.39. The number of hydrogen-bond donors (Lipinski definition) is 1. The number of alkyl halides is 3. The lowest BCUT2D eigenvalue weighted by Crippen LogP contribution is -2.26. The second-order valence-corrected chi connectivity index (χ2v) is 4.82. The topological polar surface area (TPSA) is 29.1 Å². The first-order chi connectivity index (χ1) is 10.3. The van der Waals surface area contributed by atoms with Crippen LogP contribution in [0.4, 0.5) is 17.6 Å². The average molecular weight is 311 g/mol. The van der Waals surface area contributed by atoms with E-state index in [9.17, 15) is 22.4 Å². The van der Waals surface area contributed by atoms with Crippen LogP contribution in [0.25, 0.3) is 0 Å². The molecule has 0 saturated carbocycles. The SMILES string of the molecule is CC(NC(=O)c1ccc(F)cc1)c1ccc(C(F)(F)F)cc1. The minimum absolute atomic E-state index is 0.278. The van der Waals surface area contributed by atoms with Crippen molar-refractivity contribution < 1.29 is 22.4 Å². The van der Waals surface area contributed by atoms with Crippen LogP contribution in [0.1, 0.15) is 34.5 Å². The van der Waals surface area contributed by atoms with E-state index in [0.717, 1.165) is 24.3 Å². The molecule has 0 aliphatic rings. The van der Waals surface area contributed by atoms with Gasteiger partial charge in [0.1, 0.15) is 5.82 Å². The lowest BCUT2D eigenvalue weighted by molar-refractivity contribution is -0.137. The zero-order valence-corrected chi connectivity index (χ0v) is 11.6. The highest BCUT2D eigenvalue weighted by molar-refractivity contribution is 5.94. The van der Waals surface area contributed by atoms with Crippen LogP contribution in [-0.4, -0.2) is 5.91 Å². The molecule has 1 atom stereocenters. The van der Waals surface area contributed by atoms with Crippen LogP contribution in [0.2, 0.25) is 0 Å². The summed E-state index contributed by atoms with van der Waals surface area (Å²) in [6, 6.07) is 9.10. The van der Waals surface area contributed by atoms with Gasteiger partial charge in [-0.3, -0.25) is 4.79 Å². The van der Waals surface area contributed by atoms with Crippen LogP contribution < -0.4 is 5.32 Å². The Morgan fingerprint density at radius 2 is 1.55 bits per heavy atom. The Balaban J connectivity index is 2.07. The molecule has 0 radical (unpaired) electrons. The largest absolute Gasteiger partial charge is 0.416 e. The number of amides is 1. The molecule has 6 heteroatoms. The molecule has 0 saturated heterocycles. The summed E-state index contributed by atoms with van der Waals surface area (Å²) < 4.78 is 50.2. The van der Waals surface area contributed by atoms with E-state index in [-0.39, 0.29) is 5.56 Å². The van der Waals surface area contributed by atoms with Crippen molar-refractivity contribution in [1.82, 2.24) is 5.32 Å². The Hall–Kier alpha value is -2.37. The van der Waals surface area contributed by atoms with E-state index in [1.807, 2.05) is 0 Å². The van der Waals surface area contributed by atoms with Gasteiger partial charge in [-0.25, -0.2) is 4.39 Å². The van der Waals surface area contributed by atoms with Gasteiger partial charge in [-0.05, 0) is 48.9 Å². The molecule has 0 aliphatic heterocycles. The number of nitrogens with one attached hydrogen (secondary N) is 1. The molecule has 0 fully saturated rings. The number of benzene rings is 2. The minimum atomic E-state index is -4.39. The van der Waals surface area contributed by atoms with Gasteiger partial charge in [0.05, 0.1) is 11.6 Å². The fourth-order valence-electron chi connectivity index (χ4n) is 1.93. The van der Waals surface area contributed by atoms with Gasteiger partial charge < -0.3 is 5.32 Å². The molecule has 0 heterocycles. The van der Waals surface area contributed by atoms with Crippen molar-refractivity contribution in [2.45, 2.75) is 19.1 Å². The van der Waals surface area contributed by atoms with Gasteiger partial charge in [0.25, 0.3) is 5.91 Å². The normalized spacial score (nSPS) is 12.8. The quantitative estimate of drug-likeness (QED) is 0.840. The number of carbonyl (C=O) groups is 1. The zero-order chi connectivity index (χ0) is 16.3. The molecule has 0 spiro atoms. The minimum Gasteiger partial charge on any atom is -0.346 e. The second-order valence-electron chi connectivity index (χ2n) is 4.82. The molecule has 2 aromatic rings. The van der Waals surface area contributed by atoms with Gasteiger partial charge in [-0.1, -0.05) is 12.1 Å². The Morgan fingerprint density at radius 3 is 2.05 bits per heavy atom. The molecule has 0 aliphatic carbocycles. The van der Waals surface area contributed by atoms with Crippen LogP contribution in [0.3, 0.4) is 0 Å². The van der Waals surface area contributed by atoms with E-state index >= 15 is 0 Å². The lowest BCUT2D eigenvalue weighted by atomic mass is 10.1. The summed E-state index contributed by atoms with van der Waals surface area (Å²) in [5.41, 5.74) is 0.0805. The van der Waals surface area contributed by atoms with Crippen molar-refractivity contribution >= 4 is 5.91 Å². The third-order valence-corrected chi connectivity index (χ3v) is 3.19. The fourth-order valence-corrected chi connectivity index (χ4v) is 1.93. The maximum Gasteiger partial charge on any atom is 0.416 e. The Bertz CT molecular complexity index is 647. The molecule has 2 nitrogen and oxygen atoms in total. The van der Waals surface area contributed by atoms with Crippen molar-refractivity contribution in [3.05, 3.63) is 71.0 Å². The van der Waals surface area contributed by atoms with Gasteiger partial charge in [-0.2, -0.15) is 13.2 Å². The van der Waals surface area contributed by atoms with Crippen LogP contribution >= 0.6 is 0 Å². The summed E-state index contributed by atoms with van der Waals surface area (Å²) in [5, 5.41) is 2.65. The number of carbonyl (C=O) groups excluding carboxylic acids is 1. The smallest absolute Gasteiger partial charge is 0.346 e. The molecule has 1 amide bonds. The lowest BCUT2D eigenvalue weighted by Gasteiger charge is -2.15. The van der Waals surface area contributed by atoms with E-state index < -0.39 is 29.5 Å². The highest BCUT2D eigenvalue weighted by Gasteiger charge is 2.30. The van der Waals surface area contributed by atoms with Gasteiger partial charge in [-0.15, -0.1) is 0 Å². The van der Waals surface area contributed by atoms with Crippen LogP contribution in [0.5, 0.6) is 0 Å². The second kappa shape index (κ2) is 6.17.